The number of nitrogens with zero attached hydrogens (tertiary/aromatic N) is 1. The lowest BCUT2D eigenvalue weighted by Crippen LogP contribution is -2.27. The van der Waals surface area contributed by atoms with Gasteiger partial charge in [0.05, 0.1) is 19.3 Å². The Morgan fingerprint density at radius 2 is 2.05 bits per heavy atom. The van der Waals surface area contributed by atoms with Gasteiger partial charge >= 0.3 is 0 Å². The second kappa shape index (κ2) is 10.2. The van der Waals surface area contributed by atoms with Gasteiger partial charge in [-0.2, -0.15) is 0 Å². The molecule has 0 atom stereocenters. The van der Waals surface area contributed by atoms with E-state index in [0.717, 1.165) is 37.1 Å². The van der Waals surface area contributed by atoms with Crippen molar-refractivity contribution in [2.75, 3.05) is 33.4 Å². The first-order valence-electron chi connectivity index (χ1n) is 7.35. The monoisotopic (exact) mass is 291 g/mol. The van der Waals surface area contributed by atoms with Crippen LogP contribution in [-0.4, -0.2) is 48.5 Å². The van der Waals surface area contributed by atoms with Crippen molar-refractivity contribution in [2.24, 2.45) is 0 Å². The second-order valence-corrected chi connectivity index (χ2v) is 4.85. The summed E-state index contributed by atoms with van der Waals surface area (Å²) in [6.45, 7) is 4.58. The maximum atomic E-state index is 9.16. The average Bonchev–Trinajstić information content (AvgIpc) is 2.51. The van der Waals surface area contributed by atoms with Gasteiger partial charge in [0, 0.05) is 13.1 Å². The normalized spacial score (nSPS) is 10.3. The van der Waals surface area contributed by atoms with E-state index in [9.17, 15) is 0 Å². The summed E-state index contributed by atoms with van der Waals surface area (Å²) in [5.41, 5.74) is 1.91. The number of benzene rings is 1. The first kappa shape index (κ1) is 17.5. The summed E-state index contributed by atoms with van der Waals surface area (Å²) in [4.78, 5) is 2.23. The Bertz CT molecular complexity index is 477. The first-order chi connectivity index (χ1) is 10.2. The molecule has 0 bridgehead atoms. The van der Waals surface area contributed by atoms with E-state index < -0.39 is 0 Å². The van der Waals surface area contributed by atoms with Crippen molar-refractivity contribution in [3.8, 4) is 17.6 Å². The van der Waals surface area contributed by atoms with E-state index in [2.05, 4.69) is 23.7 Å². The Morgan fingerprint density at radius 1 is 1.24 bits per heavy atom. The minimum Gasteiger partial charge on any atom is -0.495 e. The van der Waals surface area contributed by atoms with Crippen molar-refractivity contribution in [1.82, 2.24) is 4.90 Å². The highest BCUT2D eigenvalue weighted by Gasteiger charge is 2.07. The summed E-state index contributed by atoms with van der Waals surface area (Å²) in [5, 5.41) is 18.0. The van der Waals surface area contributed by atoms with Crippen molar-refractivity contribution in [2.45, 2.75) is 26.3 Å². The van der Waals surface area contributed by atoms with Gasteiger partial charge in [0.1, 0.15) is 12.4 Å². The van der Waals surface area contributed by atoms with Crippen LogP contribution in [0.2, 0.25) is 0 Å². The SMILES string of the molecule is CCCCN(CCO)Cc1ccc(OC)c(C#CCO)c1. The van der Waals surface area contributed by atoms with Crippen LogP contribution < -0.4 is 4.74 Å². The van der Waals surface area contributed by atoms with Gasteiger partial charge in [0.25, 0.3) is 0 Å². The molecule has 0 saturated carbocycles. The number of hydrogen-bond acceptors (Lipinski definition) is 4. The van der Waals surface area contributed by atoms with Crippen molar-refractivity contribution in [3.63, 3.8) is 0 Å². The Balaban J connectivity index is 2.85. The summed E-state index contributed by atoms with van der Waals surface area (Å²) < 4.78 is 5.28. The maximum Gasteiger partial charge on any atom is 0.134 e. The molecule has 0 radical (unpaired) electrons. The first-order valence-corrected chi connectivity index (χ1v) is 7.35. The standard InChI is InChI=1S/C17H25NO3/c1-3-4-9-18(10-12-20)14-15-7-8-17(21-2)16(13-15)6-5-11-19/h7-8,13,19-20H,3-4,9-12,14H2,1-2H3. The number of ether oxygens (including phenoxy) is 1. The van der Waals surface area contributed by atoms with Gasteiger partial charge in [-0.3, -0.25) is 4.90 Å². The molecule has 0 aliphatic rings. The summed E-state index contributed by atoms with van der Waals surface area (Å²) in [7, 11) is 1.61. The fourth-order valence-electron chi connectivity index (χ4n) is 2.14. The van der Waals surface area contributed by atoms with Crippen molar-refractivity contribution >= 4 is 0 Å². The molecule has 4 nitrogen and oxygen atoms in total. The van der Waals surface area contributed by atoms with Gasteiger partial charge in [-0.1, -0.05) is 31.3 Å². The molecule has 4 heteroatoms. The molecule has 0 saturated heterocycles. The van der Waals surface area contributed by atoms with E-state index in [1.165, 1.54) is 0 Å². The minimum absolute atomic E-state index is 0.164. The molecular weight excluding hydrogens is 266 g/mol. The van der Waals surface area contributed by atoms with Gasteiger partial charge in [-0.25, -0.2) is 0 Å². The van der Waals surface area contributed by atoms with Crippen molar-refractivity contribution in [3.05, 3.63) is 29.3 Å². The number of unbranched alkanes of at least 4 members (excludes halogenated alkanes) is 1. The molecule has 0 aliphatic carbocycles. The van der Waals surface area contributed by atoms with E-state index in [4.69, 9.17) is 14.9 Å². The van der Waals surface area contributed by atoms with E-state index in [0.29, 0.717) is 12.3 Å². The highest BCUT2D eigenvalue weighted by Crippen LogP contribution is 2.20. The van der Waals surface area contributed by atoms with Gasteiger partial charge in [0.15, 0.2) is 0 Å². The number of hydrogen-bond donors (Lipinski definition) is 2. The molecule has 0 fully saturated rings. The Hall–Kier alpha value is -1.54. The van der Waals surface area contributed by atoms with E-state index in [-0.39, 0.29) is 13.2 Å². The molecule has 0 spiro atoms. The zero-order valence-corrected chi connectivity index (χ0v) is 12.9. The quantitative estimate of drug-likeness (QED) is 0.715. The van der Waals surface area contributed by atoms with Crippen LogP contribution in [0.5, 0.6) is 5.75 Å². The maximum absolute atomic E-state index is 9.16. The lowest BCUT2D eigenvalue weighted by atomic mass is 10.1. The number of aliphatic hydroxyl groups excluding tert-OH is 2. The fraction of sp³-hybridized carbons (Fsp3) is 0.529. The van der Waals surface area contributed by atoms with E-state index in [1.54, 1.807) is 7.11 Å². The third-order valence-electron chi connectivity index (χ3n) is 3.22. The minimum atomic E-state index is -0.166. The van der Waals surface area contributed by atoms with Gasteiger partial charge < -0.3 is 14.9 Å². The summed E-state index contributed by atoms with van der Waals surface area (Å²) in [5.74, 6) is 6.27. The average molecular weight is 291 g/mol. The second-order valence-electron chi connectivity index (χ2n) is 4.85. The highest BCUT2D eigenvalue weighted by molar-refractivity contribution is 5.48. The van der Waals surface area contributed by atoms with E-state index in [1.807, 2.05) is 18.2 Å². The third-order valence-corrected chi connectivity index (χ3v) is 3.22. The molecular formula is C17H25NO3. The van der Waals surface area contributed by atoms with Crippen LogP contribution in [0.1, 0.15) is 30.9 Å². The Morgan fingerprint density at radius 3 is 2.67 bits per heavy atom. The topological polar surface area (TPSA) is 52.9 Å². The van der Waals surface area contributed by atoms with Crippen LogP contribution in [0.25, 0.3) is 0 Å². The van der Waals surface area contributed by atoms with Gasteiger partial charge in [-0.15, -0.1) is 0 Å². The molecule has 0 aromatic heterocycles. The van der Waals surface area contributed by atoms with Crippen LogP contribution in [0.15, 0.2) is 18.2 Å². The van der Waals surface area contributed by atoms with Crippen molar-refractivity contribution in [1.29, 1.82) is 0 Å². The highest BCUT2D eigenvalue weighted by atomic mass is 16.5. The largest absolute Gasteiger partial charge is 0.495 e. The molecule has 1 aromatic carbocycles. The zero-order chi connectivity index (χ0) is 15.5. The lowest BCUT2D eigenvalue weighted by Gasteiger charge is -2.21. The number of rotatable bonds is 8. The van der Waals surface area contributed by atoms with Crippen molar-refractivity contribution < 1.29 is 14.9 Å². The summed E-state index contributed by atoms with van der Waals surface area (Å²) in [6, 6.07) is 5.89. The van der Waals surface area contributed by atoms with Crippen LogP contribution in [0, 0.1) is 11.8 Å². The third kappa shape index (κ3) is 6.17. The van der Waals surface area contributed by atoms with Crippen LogP contribution in [0.3, 0.4) is 0 Å². The zero-order valence-electron chi connectivity index (χ0n) is 12.9. The summed E-state index contributed by atoms with van der Waals surface area (Å²) >= 11 is 0. The molecule has 21 heavy (non-hydrogen) atoms. The molecule has 116 valence electrons. The fourth-order valence-corrected chi connectivity index (χ4v) is 2.14. The Kier molecular flexibility index (Phi) is 8.53. The van der Waals surface area contributed by atoms with Crippen LogP contribution in [-0.2, 0) is 6.54 Å². The molecule has 0 unspecified atom stereocenters. The van der Waals surface area contributed by atoms with Gasteiger partial charge in [0.2, 0.25) is 0 Å². The Labute approximate surface area is 127 Å². The summed E-state index contributed by atoms with van der Waals surface area (Å²) in [6.07, 6.45) is 2.26. The smallest absolute Gasteiger partial charge is 0.134 e. The van der Waals surface area contributed by atoms with Crippen LogP contribution >= 0.6 is 0 Å². The van der Waals surface area contributed by atoms with E-state index >= 15 is 0 Å². The van der Waals surface area contributed by atoms with Gasteiger partial charge in [-0.05, 0) is 30.7 Å². The predicted octanol–water partition coefficient (Wildman–Crippen LogP) is 1.63. The molecule has 0 heterocycles. The molecule has 1 rings (SSSR count). The molecule has 0 aliphatic heterocycles. The number of aliphatic hydroxyl groups is 2. The predicted molar refractivity (Wildman–Crippen MR) is 84.2 cm³/mol. The molecule has 1 aromatic rings. The van der Waals surface area contributed by atoms with Crippen LogP contribution in [0.4, 0.5) is 0 Å². The number of methoxy groups -OCH3 is 1. The molecule has 0 amide bonds. The molecule has 2 N–H and O–H groups in total. The lowest BCUT2D eigenvalue weighted by molar-refractivity contribution is 0.188.